The second-order valence-electron chi connectivity index (χ2n) is 5.70. The average Bonchev–Trinajstić information content (AvgIpc) is 2.48. The van der Waals surface area contributed by atoms with Crippen molar-refractivity contribution >= 4 is 18.5 Å². The lowest BCUT2D eigenvalue weighted by Gasteiger charge is -2.43. The fourth-order valence-electron chi connectivity index (χ4n) is 3.37. The van der Waals surface area contributed by atoms with E-state index in [2.05, 4.69) is 18.7 Å². The number of hydrogen-bond donors (Lipinski definition) is 2. The van der Waals surface area contributed by atoms with Crippen LogP contribution >= 0.6 is 12.6 Å². The van der Waals surface area contributed by atoms with Gasteiger partial charge in [-0.25, -0.2) is 4.39 Å². The largest absolute Gasteiger partial charge is 0.369 e. The van der Waals surface area contributed by atoms with Gasteiger partial charge >= 0.3 is 0 Å². The normalized spacial score (nSPS) is 26.8. The van der Waals surface area contributed by atoms with Crippen LogP contribution in [0.25, 0.3) is 0 Å². The van der Waals surface area contributed by atoms with Gasteiger partial charge in [-0.2, -0.15) is 17.9 Å². The first-order valence-electron chi connectivity index (χ1n) is 7.11. The molecule has 21 heavy (non-hydrogen) atoms. The monoisotopic (exact) mass is 306 g/mol. The number of carbonyl (C=O) groups is 1. The Morgan fingerprint density at radius 2 is 2.14 bits per heavy atom. The van der Waals surface area contributed by atoms with Gasteiger partial charge in [0, 0.05) is 11.7 Å². The van der Waals surface area contributed by atoms with Crippen molar-refractivity contribution in [2.24, 2.45) is 17.1 Å². The molecule has 0 radical (unpaired) electrons. The molecule has 0 aliphatic heterocycles. The molecule has 1 aliphatic rings. The van der Waals surface area contributed by atoms with Crippen LogP contribution in [-0.2, 0) is 4.79 Å². The van der Waals surface area contributed by atoms with Crippen molar-refractivity contribution < 1.29 is 9.18 Å². The first-order chi connectivity index (χ1) is 10.0. The van der Waals surface area contributed by atoms with Crippen molar-refractivity contribution in [3.8, 4) is 6.07 Å². The zero-order valence-electron chi connectivity index (χ0n) is 11.8. The van der Waals surface area contributed by atoms with Crippen LogP contribution in [0.3, 0.4) is 0 Å². The van der Waals surface area contributed by atoms with E-state index in [4.69, 9.17) is 11.0 Å². The van der Waals surface area contributed by atoms with Crippen molar-refractivity contribution in [3.05, 3.63) is 35.6 Å². The fourth-order valence-corrected chi connectivity index (χ4v) is 3.98. The number of carbonyl (C=O) groups excluding carboxylic acids is 1. The van der Waals surface area contributed by atoms with Crippen LogP contribution in [0.4, 0.5) is 4.39 Å². The molecule has 1 aromatic rings. The van der Waals surface area contributed by atoms with Gasteiger partial charge in [-0.1, -0.05) is 25.0 Å². The van der Waals surface area contributed by atoms with Crippen LogP contribution in [0.1, 0.15) is 42.9 Å². The Bertz CT molecular complexity index is 554. The van der Waals surface area contributed by atoms with Crippen molar-refractivity contribution in [3.63, 3.8) is 0 Å². The van der Waals surface area contributed by atoms with Crippen molar-refractivity contribution in [2.45, 2.75) is 37.4 Å². The summed E-state index contributed by atoms with van der Waals surface area (Å²) in [6, 6.07) is 8.24. The maximum absolute atomic E-state index is 13.1. The highest BCUT2D eigenvalue weighted by molar-refractivity contribution is 7.80. The molecule has 0 saturated heterocycles. The molecule has 2 rings (SSSR count). The highest BCUT2D eigenvalue weighted by Gasteiger charge is 2.48. The number of primary amides is 1. The van der Waals surface area contributed by atoms with Gasteiger partial charge in [-0.3, -0.25) is 4.79 Å². The lowest BCUT2D eigenvalue weighted by atomic mass is 9.62. The van der Waals surface area contributed by atoms with Gasteiger partial charge in [0.1, 0.15) is 5.82 Å². The third kappa shape index (κ3) is 3.06. The van der Waals surface area contributed by atoms with Gasteiger partial charge < -0.3 is 5.73 Å². The lowest BCUT2D eigenvalue weighted by Crippen LogP contribution is -2.46. The summed E-state index contributed by atoms with van der Waals surface area (Å²) in [7, 11) is 0. The number of rotatable bonds is 4. The predicted octanol–water partition coefficient (Wildman–Crippen LogP) is 3.37. The minimum Gasteiger partial charge on any atom is -0.369 e. The number of amides is 1. The third-order valence-electron chi connectivity index (χ3n) is 4.58. The molecular weight excluding hydrogens is 287 g/mol. The van der Waals surface area contributed by atoms with Crippen molar-refractivity contribution in [1.29, 1.82) is 5.26 Å². The zero-order valence-corrected chi connectivity index (χ0v) is 12.7. The van der Waals surface area contributed by atoms with Crippen LogP contribution in [0.5, 0.6) is 0 Å². The number of nitrogens with two attached hydrogens (primary N) is 1. The molecule has 0 spiro atoms. The van der Waals surface area contributed by atoms with Crippen molar-refractivity contribution in [1.82, 2.24) is 0 Å². The Morgan fingerprint density at radius 1 is 1.48 bits per heavy atom. The topological polar surface area (TPSA) is 66.9 Å². The molecule has 1 amide bonds. The molecule has 1 fully saturated rings. The quantitative estimate of drug-likeness (QED) is 0.837. The van der Waals surface area contributed by atoms with Gasteiger partial charge in [-0.05, 0) is 36.5 Å². The number of benzene rings is 1. The Hall–Kier alpha value is -1.54. The van der Waals surface area contributed by atoms with Crippen molar-refractivity contribution in [2.75, 3.05) is 0 Å². The summed E-state index contributed by atoms with van der Waals surface area (Å²) in [4.78, 5) is 12.0. The summed E-state index contributed by atoms with van der Waals surface area (Å²) >= 11 is 4.66. The molecule has 1 saturated carbocycles. The molecule has 3 atom stereocenters. The number of nitriles is 1. The molecule has 1 aromatic carbocycles. The van der Waals surface area contributed by atoms with E-state index in [9.17, 15) is 9.18 Å². The van der Waals surface area contributed by atoms with Gasteiger partial charge in [0.2, 0.25) is 5.91 Å². The van der Waals surface area contributed by atoms with E-state index in [-0.39, 0.29) is 23.4 Å². The summed E-state index contributed by atoms with van der Waals surface area (Å²) in [6.07, 6.45) is 3.43. The molecule has 0 aromatic heterocycles. The van der Waals surface area contributed by atoms with Crippen LogP contribution in [-0.4, -0.2) is 5.91 Å². The number of halogens is 1. The highest BCUT2D eigenvalue weighted by Crippen LogP contribution is 2.51. The standard InChI is InChI=1S/C16H19FN2OS/c17-12-6-4-11(5-7-12)14(21)13-3-1-2-8-16(13,9-10-18)15(19)20/h4-7,13-14,21H,1-3,8-9H2,(H2,19,20). The summed E-state index contributed by atoms with van der Waals surface area (Å²) in [5.74, 6) is -0.826. The molecular formula is C16H19FN2OS. The van der Waals surface area contributed by atoms with E-state index in [0.29, 0.717) is 6.42 Å². The maximum Gasteiger partial charge on any atom is 0.225 e. The molecule has 0 heterocycles. The van der Waals surface area contributed by atoms with Crippen LogP contribution in [0.2, 0.25) is 0 Å². The molecule has 3 unspecified atom stereocenters. The Kier molecular flexibility index (Phi) is 4.89. The Balaban J connectivity index is 2.35. The summed E-state index contributed by atoms with van der Waals surface area (Å²) in [6.45, 7) is 0. The van der Waals surface area contributed by atoms with E-state index < -0.39 is 11.3 Å². The van der Waals surface area contributed by atoms with Crippen LogP contribution in [0, 0.1) is 28.5 Å². The molecule has 2 N–H and O–H groups in total. The van der Waals surface area contributed by atoms with E-state index in [1.54, 1.807) is 12.1 Å². The lowest BCUT2D eigenvalue weighted by molar-refractivity contribution is -0.133. The fraction of sp³-hybridized carbons (Fsp3) is 0.500. The van der Waals surface area contributed by atoms with E-state index >= 15 is 0 Å². The molecule has 3 nitrogen and oxygen atoms in total. The molecule has 1 aliphatic carbocycles. The van der Waals surface area contributed by atoms with E-state index in [0.717, 1.165) is 24.8 Å². The SMILES string of the molecule is N#CCC1(C(N)=O)CCCCC1C(S)c1ccc(F)cc1. The van der Waals surface area contributed by atoms with Gasteiger partial charge in [0.15, 0.2) is 0 Å². The predicted molar refractivity (Wildman–Crippen MR) is 81.9 cm³/mol. The summed E-state index contributed by atoms with van der Waals surface area (Å²) < 4.78 is 13.1. The average molecular weight is 306 g/mol. The van der Waals surface area contributed by atoms with E-state index in [1.807, 2.05) is 0 Å². The minimum absolute atomic E-state index is 0.0998. The summed E-state index contributed by atoms with van der Waals surface area (Å²) in [5, 5.41) is 8.88. The van der Waals surface area contributed by atoms with E-state index in [1.165, 1.54) is 12.1 Å². The van der Waals surface area contributed by atoms with Gasteiger partial charge in [-0.15, -0.1) is 0 Å². The second-order valence-corrected chi connectivity index (χ2v) is 6.26. The minimum atomic E-state index is -0.826. The third-order valence-corrected chi connectivity index (χ3v) is 5.23. The second kappa shape index (κ2) is 6.48. The number of hydrogen-bond acceptors (Lipinski definition) is 3. The number of nitrogens with zero attached hydrogens (tertiary/aromatic N) is 1. The smallest absolute Gasteiger partial charge is 0.225 e. The zero-order chi connectivity index (χ0) is 15.5. The first kappa shape index (κ1) is 15.8. The molecule has 5 heteroatoms. The summed E-state index contributed by atoms with van der Waals surface area (Å²) in [5.41, 5.74) is 5.67. The maximum atomic E-state index is 13.1. The van der Waals surface area contributed by atoms with Gasteiger partial charge in [0.05, 0.1) is 11.5 Å². The Morgan fingerprint density at radius 3 is 2.71 bits per heavy atom. The molecule has 112 valence electrons. The Labute approximate surface area is 129 Å². The highest BCUT2D eigenvalue weighted by atomic mass is 32.1. The number of thiol groups is 1. The van der Waals surface area contributed by atoms with Crippen LogP contribution in [0.15, 0.2) is 24.3 Å². The van der Waals surface area contributed by atoms with Gasteiger partial charge in [0.25, 0.3) is 0 Å². The molecule has 0 bridgehead atoms. The first-order valence-corrected chi connectivity index (χ1v) is 7.63. The van der Waals surface area contributed by atoms with Crippen LogP contribution < -0.4 is 5.73 Å².